The molecule has 0 aliphatic carbocycles. The van der Waals surface area contributed by atoms with Crippen LogP contribution in [0.2, 0.25) is 0 Å². The first-order valence-electron chi connectivity index (χ1n) is 8.15. The molecule has 0 nitrogen and oxygen atoms in total. The van der Waals surface area contributed by atoms with Gasteiger partial charge in [0.15, 0.2) is 0 Å². The van der Waals surface area contributed by atoms with Gasteiger partial charge < -0.3 is 0 Å². The van der Waals surface area contributed by atoms with Gasteiger partial charge in [0, 0.05) is 0 Å². The second kappa shape index (κ2) is 8.34. The number of benzene rings is 3. The fourth-order valence-electron chi connectivity index (χ4n) is 2.75. The second-order valence-corrected chi connectivity index (χ2v) is 39.8. The molecule has 3 aromatic rings. The molecule has 0 fully saturated rings. The minimum atomic E-state index is -1.30. The van der Waals surface area contributed by atoms with E-state index >= 15 is 0 Å². The maximum atomic E-state index is 3.40. The van der Waals surface area contributed by atoms with Crippen LogP contribution in [0.1, 0.15) is 0 Å². The quantitative estimate of drug-likeness (QED) is 0.378. The number of hydrogen-bond acceptors (Lipinski definition) is 0. The number of hydrogen-bond donors (Lipinski definition) is 0. The minimum absolute atomic E-state index is 1.25. The van der Waals surface area contributed by atoms with Gasteiger partial charge in [0.05, 0.1) is 0 Å². The summed E-state index contributed by atoms with van der Waals surface area (Å²) in [5.41, 5.74) is 6.80. The van der Waals surface area contributed by atoms with Gasteiger partial charge in [0.1, 0.15) is 0 Å². The Hall–Kier alpha value is -1.36. The van der Waals surface area contributed by atoms with E-state index in [1.54, 1.807) is 13.1 Å². The predicted octanol–water partition coefficient (Wildman–Crippen LogP) is 2.31. The second-order valence-electron chi connectivity index (χ2n) is 5.53. The van der Waals surface area contributed by atoms with E-state index in [9.17, 15) is 0 Å². The third-order valence-corrected chi connectivity index (χ3v) is 55.6. The summed E-state index contributed by atoms with van der Waals surface area (Å²) in [5.74, 6) is 0. The molecule has 0 saturated carbocycles. The van der Waals surface area contributed by atoms with Crippen molar-refractivity contribution in [2.45, 2.75) is 0 Å². The Kier molecular flexibility index (Phi) is 5.70. The van der Waals surface area contributed by atoms with Gasteiger partial charge in [-0.2, -0.15) is 0 Å². The molecule has 2 atom stereocenters. The molecule has 2 unspecified atom stereocenters. The number of rotatable bonds is 3. The van der Waals surface area contributed by atoms with Crippen molar-refractivity contribution in [1.29, 1.82) is 0 Å². The van der Waals surface area contributed by atoms with Crippen LogP contribution < -0.4 is 13.1 Å². The normalized spacial score (nSPS) is 21.8. The van der Waals surface area contributed by atoms with Crippen molar-refractivity contribution >= 4 is 48.7 Å². The summed E-state index contributed by atoms with van der Waals surface area (Å²) >= 11 is -2.61. The monoisotopic (exact) mass is 506 g/mol. The Balaban J connectivity index is 1.88. The molecule has 0 radical (unpaired) electrons. The molecule has 4 rings (SSSR count). The van der Waals surface area contributed by atoms with Crippen LogP contribution in [0.5, 0.6) is 0 Å². The fourth-order valence-corrected chi connectivity index (χ4v) is 61.2. The Bertz CT molecular complexity index is 863. The molecule has 3 heteroatoms. The summed E-state index contributed by atoms with van der Waals surface area (Å²) in [5, 5.41) is 0. The van der Waals surface area contributed by atoms with Crippen LogP contribution in [0.25, 0.3) is 0 Å². The van der Waals surface area contributed by atoms with E-state index < -0.39 is 35.7 Å². The van der Waals surface area contributed by atoms with Crippen LogP contribution in [-0.4, -0.2) is 35.7 Å². The fraction of sp³-hybridized carbons (Fsp3) is 0. The van der Waals surface area contributed by atoms with Gasteiger partial charge in [-0.1, -0.05) is 0 Å². The van der Waals surface area contributed by atoms with Crippen LogP contribution in [0, 0.1) is 0 Å². The van der Waals surface area contributed by atoms with E-state index in [2.05, 4.69) is 112 Å². The Labute approximate surface area is 160 Å². The molecular formula is C22H17As3. The van der Waals surface area contributed by atoms with E-state index in [0.717, 1.165) is 0 Å². The molecular weight excluding hydrogens is 489 g/mol. The summed E-state index contributed by atoms with van der Waals surface area (Å²) in [7, 11) is -1.25. The first-order chi connectivity index (χ1) is 12.4. The van der Waals surface area contributed by atoms with E-state index in [4.69, 9.17) is 0 Å². The Morgan fingerprint density at radius 1 is 0.440 bits per heavy atom. The topological polar surface area (TPSA) is 0 Å². The van der Waals surface area contributed by atoms with Crippen molar-refractivity contribution in [2.24, 2.45) is 0 Å². The third kappa shape index (κ3) is 3.91. The van der Waals surface area contributed by atoms with Crippen molar-refractivity contribution < 1.29 is 0 Å². The van der Waals surface area contributed by atoms with E-state index in [1.807, 2.05) is 0 Å². The first kappa shape index (κ1) is 17.1. The first-order valence-corrected chi connectivity index (χ1v) is 23.5. The molecule has 1 aliphatic rings. The SMILES string of the molecule is C1=C=C[As](c2ccccc2)[As](c2ccccc2)[As](c2ccccc2)C=1. The molecule has 1 aliphatic heterocycles. The Morgan fingerprint density at radius 3 is 1.20 bits per heavy atom. The standard InChI is InChI=1S/C22H17As3/c1-4-12-20(13-5-1)23-18-10-11-19-24(21-14-6-2-7-15-21)25(23)22-16-8-3-9-17-22/h1-9,12-19H. The van der Waals surface area contributed by atoms with Crippen molar-refractivity contribution in [2.75, 3.05) is 0 Å². The molecule has 0 N–H and O–H groups in total. The van der Waals surface area contributed by atoms with Crippen LogP contribution >= 0.6 is 0 Å². The van der Waals surface area contributed by atoms with Gasteiger partial charge in [-0.3, -0.25) is 0 Å². The van der Waals surface area contributed by atoms with Crippen molar-refractivity contribution in [3.05, 3.63) is 112 Å². The molecule has 0 saturated heterocycles. The van der Waals surface area contributed by atoms with E-state index in [-0.39, 0.29) is 0 Å². The van der Waals surface area contributed by atoms with Crippen LogP contribution in [0.3, 0.4) is 0 Å². The van der Waals surface area contributed by atoms with Crippen LogP contribution in [-0.2, 0) is 0 Å². The average Bonchev–Trinajstić information content (AvgIpc) is 2.93. The Morgan fingerprint density at radius 2 is 0.800 bits per heavy atom. The van der Waals surface area contributed by atoms with Gasteiger partial charge >= 0.3 is 161 Å². The van der Waals surface area contributed by atoms with Crippen molar-refractivity contribution in [3.8, 4) is 0 Å². The predicted molar refractivity (Wildman–Crippen MR) is 112 cm³/mol. The summed E-state index contributed by atoms with van der Waals surface area (Å²) in [6.07, 6.45) is 0. The summed E-state index contributed by atoms with van der Waals surface area (Å²) in [6.45, 7) is 0. The van der Waals surface area contributed by atoms with Crippen molar-refractivity contribution in [3.63, 3.8) is 0 Å². The maximum absolute atomic E-state index is 3.40. The van der Waals surface area contributed by atoms with Gasteiger partial charge in [-0.05, 0) is 0 Å². The zero-order valence-electron chi connectivity index (χ0n) is 13.7. The molecule has 3 aromatic carbocycles. The molecule has 0 amide bonds. The zero-order chi connectivity index (χ0) is 16.9. The summed E-state index contributed by atoms with van der Waals surface area (Å²) < 4.78 is 4.76. The van der Waals surface area contributed by atoms with Gasteiger partial charge in [0.25, 0.3) is 0 Å². The van der Waals surface area contributed by atoms with Crippen LogP contribution in [0.15, 0.2) is 112 Å². The van der Waals surface area contributed by atoms with Gasteiger partial charge in [-0.15, -0.1) is 0 Å². The summed E-state index contributed by atoms with van der Waals surface area (Å²) in [4.78, 5) is 4.84. The summed E-state index contributed by atoms with van der Waals surface area (Å²) in [6, 6.07) is 33.7. The van der Waals surface area contributed by atoms with Crippen LogP contribution in [0.4, 0.5) is 0 Å². The van der Waals surface area contributed by atoms with E-state index in [1.165, 1.54) is 0 Å². The molecule has 0 aromatic heterocycles. The molecule has 1 heterocycles. The molecule has 120 valence electrons. The third-order valence-electron chi connectivity index (χ3n) is 3.89. The van der Waals surface area contributed by atoms with E-state index in [0.29, 0.717) is 0 Å². The zero-order valence-corrected chi connectivity index (χ0v) is 19.3. The molecule has 0 spiro atoms. The van der Waals surface area contributed by atoms with Gasteiger partial charge in [0.2, 0.25) is 0 Å². The average molecular weight is 506 g/mol. The van der Waals surface area contributed by atoms with Crippen molar-refractivity contribution in [1.82, 2.24) is 0 Å². The van der Waals surface area contributed by atoms with Gasteiger partial charge in [-0.25, -0.2) is 0 Å². The molecule has 25 heavy (non-hydrogen) atoms. The molecule has 0 bridgehead atoms.